The Morgan fingerprint density at radius 2 is 1.70 bits per heavy atom. The van der Waals surface area contributed by atoms with Gasteiger partial charge in [-0.1, -0.05) is 11.6 Å². The molecule has 3 rings (SSSR count). The molecule has 2 aliphatic rings. The van der Waals surface area contributed by atoms with Crippen LogP contribution in [0.15, 0.2) is 12.1 Å². The predicted octanol–water partition coefficient (Wildman–Crippen LogP) is 4.10. The summed E-state index contributed by atoms with van der Waals surface area (Å²) in [5.74, 6) is -0.326. The number of ether oxygens (including phenoxy) is 1. The molecule has 1 aliphatic carbocycles. The smallest absolute Gasteiger partial charge is 0.486 e. The van der Waals surface area contributed by atoms with Gasteiger partial charge in [-0.2, -0.15) is 0 Å². The summed E-state index contributed by atoms with van der Waals surface area (Å²) < 4.78 is 32.1. The van der Waals surface area contributed by atoms with Crippen LogP contribution in [0.2, 0.25) is 5.02 Å². The van der Waals surface area contributed by atoms with E-state index in [9.17, 15) is 4.39 Å². The molecule has 23 heavy (non-hydrogen) atoms. The van der Waals surface area contributed by atoms with Gasteiger partial charge in [0.05, 0.1) is 22.3 Å². The van der Waals surface area contributed by atoms with Crippen molar-refractivity contribution in [3.05, 3.63) is 23.0 Å². The monoisotopic (exact) mass is 340 g/mol. The summed E-state index contributed by atoms with van der Waals surface area (Å²) in [7, 11) is -0.632. The van der Waals surface area contributed by atoms with Gasteiger partial charge in [0, 0.05) is 0 Å². The molecule has 0 aromatic heterocycles. The zero-order valence-corrected chi connectivity index (χ0v) is 14.9. The van der Waals surface area contributed by atoms with Crippen LogP contribution in [0.3, 0.4) is 0 Å². The van der Waals surface area contributed by atoms with Crippen LogP contribution in [-0.4, -0.2) is 24.4 Å². The normalized spacial score (nSPS) is 23.5. The van der Waals surface area contributed by atoms with Crippen LogP contribution in [0.25, 0.3) is 0 Å². The van der Waals surface area contributed by atoms with E-state index in [2.05, 4.69) is 0 Å². The summed E-state index contributed by atoms with van der Waals surface area (Å²) in [5.41, 5.74) is -0.371. The molecule has 1 aromatic carbocycles. The molecular weight excluding hydrogens is 317 g/mol. The minimum atomic E-state index is -0.632. The van der Waals surface area contributed by atoms with Gasteiger partial charge in [-0.3, -0.25) is 0 Å². The van der Waals surface area contributed by atoms with Gasteiger partial charge in [-0.05, 0) is 71.0 Å². The zero-order chi connectivity index (χ0) is 16.8. The Bertz CT molecular complexity index is 560. The lowest BCUT2D eigenvalue weighted by atomic mass is 9.79. The first-order valence-corrected chi connectivity index (χ1v) is 8.59. The van der Waals surface area contributed by atoms with E-state index in [1.807, 2.05) is 27.7 Å². The van der Waals surface area contributed by atoms with Gasteiger partial charge < -0.3 is 14.0 Å². The SMILES string of the molecule is CC1(C)OB(c2cc(F)c(OC3CCCC3)c(Cl)c2)OC1(C)C. The highest BCUT2D eigenvalue weighted by Gasteiger charge is 2.52. The van der Waals surface area contributed by atoms with E-state index in [-0.39, 0.29) is 16.9 Å². The molecule has 0 atom stereocenters. The highest BCUT2D eigenvalue weighted by molar-refractivity contribution is 6.62. The minimum absolute atomic E-state index is 0.0599. The topological polar surface area (TPSA) is 27.7 Å². The van der Waals surface area contributed by atoms with E-state index in [1.165, 1.54) is 6.07 Å². The fourth-order valence-electron chi connectivity index (χ4n) is 2.98. The highest BCUT2D eigenvalue weighted by atomic mass is 35.5. The second kappa shape index (κ2) is 5.94. The lowest BCUT2D eigenvalue weighted by Crippen LogP contribution is -2.41. The molecule has 1 saturated carbocycles. The average molecular weight is 341 g/mol. The maximum atomic E-state index is 14.5. The first-order valence-electron chi connectivity index (χ1n) is 8.21. The van der Waals surface area contributed by atoms with E-state index < -0.39 is 24.1 Å². The third-order valence-corrected chi connectivity index (χ3v) is 5.41. The Labute approximate surface area is 142 Å². The summed E-state index contributed by atoms with van der Waals surface area (Å²) in [5, 5.41) is 0.265. The Morgan fingerprint density at radius 1 is 1.13 bits per heavy atom. The third-order valence-electron chi connectivity index (χ3n) is 5.13. The van der Waals surface area contributed by atoms with E-state index in [1.54, 1.807) is 6.07 Å². The molecule has 2 fully saturated rings. The molecule has 0 spiro atoms. The Morgan fingerprint density at radius 3 is 2.22 bits per heavy atom. The number of hydrogen-bond acceptors (Lipinski definition) is 3. The van der Waals surface area contributed by atoms with Crippen molar-refractivity contribution in [2.75, 3.05) is 0 Å². The van der Waals surface area contributed by atoms with E-state index in [4.69, 9.17) is 25.6 Å². The summed E-state index contributed by atoms with van der Waals surface area (Å²) in [6, 6.07) is 3.08. The molecule has 1 aliphatic heterocycles. The van der Waals surface area contributed by atoms with Crippen molar-refractivity contribution >= 4 is 24.2 Å². The molecule has 0 bridgehead atoms. The van der Waals surface area contributed by atoms with Crippen LogP contribution in [0, 0.1) is 5.82 Å². The van der Waals surface area contributed by atoms with Gasteiger partial charge in [0.1, 0.15) is 0 Å². The van der Waals surface area contributed by atoms with Gasteiger partial charge in [0.2, 0.25) is 0 Å². The first-order chi connectivity index (χ1) is 10.7. The highest BCUT2D eigenvalue weighted by Crippen LogP contribution is 2.37. The number of hydrogen-bond donors (Lipinski definition) is 0. The maximum Gasteiger partial charge on any atom is 0.494 e. The Kier molecular flexibility index (Phi) is 4.41. The van der Waals surface area contributed by atoms with Crippen LogP contribution >= 0.6 is 11.6 Å². The molecule has 0 unspecified atom stereocenters. The molecule has 1 aromatic rings. The Hall–Kier alpha value is -0.775. The van der Waals surface area contributed by atoms with Crippen LogP contribution in [0.1, 0.15) is 53.4 Å². The Balaban J connectivity index is 1.83. The number of benzene rings is 1. The maximum absolute atomic E-state index is 14.5. The standard InChI is InChI=1S/C17H23BClFO3/c1-16(2)17(3,4)23-18(22-16)11-9-13(19)15(14(20)10-11)21-12-7-5-6-8-12/h9-10,12H,5-8H2,1-4H3. The van der Waals surface area contributed by atoms with Crippen LogP contribution in [0.5, 0.6) is 5.75 Å². The van der Waals surface area contributed by atoms with Gasteiger partial charge in [0.15, 0.2) is 11.6 Å². The van der Waals surface area contributed by atoms with Crippen molar-refractivity contribution in [1.82, 2.24) is 0 Å². The molecular formula is C17H23BClFO3. The van der Waals surface area contributed by atoms with Gasteiger partial charge in [-0.25, -0.2) is 4.39 Å². The van der Waals surface area contributed by atoms with Crippen molar-refractivity contribution < 1.29 is 18.4 Å². The number of halogens is 2. The number of rotatable bonds is 3. The van der Waals surface area contributed by atoms with Crippen molar-refractivity contribution in [3.63, 3.8) is 0 Å². The second-order valence-corrected chi connectivity index (χ2v) is 7.83. The van der Waals surface area contributed by atoms with Crippen LogP contribution < -0.4 is 10.2 Å². The lowest BCUT2D eigenvalue weighted by molar-refractivity contribution is 0.00578. The van der Waals surface area contributed by atoms with Crippen molar-refractivity contribution in [2.45, 2.75) is 70.7 Å². The summed E-state index contributed by atoms with van der Waals surface area (Å²) in [6.45, 7) is 7.84. The molecule has 3 nitrogen and oxygen atoms in total. The summed E-state index contributed by atoms with van der Waals surface area (Å²) >= 11 is 6.26. The van der Waals surface area contributed by atoms with Crippen molar-refractivity contribution in [3.8, 4) is 5.75 Å². The van der Waals surface area contributed by atoms with Crippen molar-refractivity contribution in [1.29, 1.82) is 0 Å². The molecule has 1 saturated heterocycles. The van der Waals surface area contributed by atoms with Gasteiger partial charge in [-0.15, -0.1) is 0 Å². The van der Waals surface area contributed by atoms with E-state index in [0.717, 1.165) is 25.7 Å². The fraction of sp³-hybridized carbons (Fsp3) is 0.647. The summed E-state index contributed by atoms with van der Waals surface area (Å²) in [6.07, 6.45) is 4.21. The first kappa shape index (κ1) is 17.1. The van der Waals surface area contributed by atoms with Gasteiger partial charge >= 0.3 is 7.12 Å². The molecule has 0 radical (unpaired) electrons. The average Bonchev–Trinajstić information content (AvgIpc) is 3.00. The fourth-order valence-corrected chi connectivity index (χ4v) is 3.24. The predicted molar refractivity (Wildman–Crippen MR) is 90.0 cm³/mol. The van der Waals surface area contributed by atoms with Crippen LogP contribution in [-0.2, 0) is 9.31 Å². The zero-order valence-electron chi connectivity index (χ0n) is 14.1. The molecule has 126 valence electrons. The van der Waals surface area contributed by atoms with E-state index >= 15 is 0 Å². The van der Waals surface area contributed by atoms with E-state index in [0.29, 0.717) is 5.46 Å². The van der Waals surface area contributed by atoms with Gasteiger partial charge in [0.25, 0.3) is 0 Å². The van der Waals surface area contributed by atoms with Crippen molar-refractivity contribution in [2.24, 2.45) is 0 Å². The summed E-state index contributed by atoms with van der Waals surface area (Å²) in [4.78, 5) is 0. The molecule has 6 heteroatoms. The van der Waals surface area contributed by atoms with Crippen LogP contribution in [0.4, 0.5) is 4.39 Å². The third kappa shape index (κ3) is 3.24. The largest absolute Gasteiger partial charge is 0.494 e. The minimum Gasteiger partial charge on any atom is -0.486 e. The molecule has 0 N–H and O–H groups in total. The quantitative estimate of drug-likeness (QED) is 0.775. The molecule has 0 amide bonds. The molecule has 1 heterocycles. The lowest BCUT2D eigenvalue weighted by Gasteiger charge is -2.32. The second-order valence-electron chi connectivity index (χ2n) is 7.43.